The number of halogens is 1. The van der Waals surface area contributed by atoms with Crippen LogP contribution < -0.4 is 10.2 Å². The number of hydrogen-bond donors (Lipinski definition) is 2. The highest BCUT2D eigenvalue weighted by atomic mass is 79.9. The van der Waals surface area contributed by atoms with Crippen molar-refractivity contribution < 1.29 is 9.84 Å². The van der Waals surface area contributed by atoms with Crippen LogP contribution in [0.25, 0.3) is 0 Å². The number of rotatable bonds is 10. The molecule has 0 fully saturated rings. The number of aliphatic hydroxyl groups is 1. The van der Waals surface area contributed by atoms with E-state index in [1.807, 2.05) is 6.07 Å². The molecule has 0 aliphatic carbocycles. The van der Waals surface area contributed by atoms with Gasteiger partial charge in [-0.2, -0.15) is 0 Å². The number of methoxy groups -OCH3 is 1. The summed E-state index contributed by atoms with van der Waals surface area (Å²) in [5.41, 5.74) is 2.42. The van der Waals surface area contributed by atoms with Gasteiger partial charge in [0.05, 0.1) is 13.2 Å². The van der Waals surface area contributed by atoms with Crippen LogP contribution in [0, 0.1) is 0 Å². The lowest BCUT2D eigenvalue weighted by atomic mass is 10.1. The Bertz CT molecular complexity index is 382. The van der Waals surface area contributed by atoms with Crippen molar-refractivity contribution in [1.29, 1.82) is 0 Å². The third-order valence-corrected chi connectivity index (χ3v) is 3.54. The molecule has 0 saturated carbocycles. The van der Waals surface area contributed by atoms with Crippen LogP contribution in [0.3, 0.4) is 0 Å². The van der Waals surface area contributed by atoms with Crippen molar-refractivity contribution in [3.8, 4) is 0 Å². The molecule has 0 saturated heterocycles. The van der Waals surface area contributed by atoms with Crippen molar-refractivity contribution >= 4 is 21.6 Å². The van der Waals surface area contributed by atoms with Crippen molar-refractivity contribution in [2.75, 3.05) is 44.9 Å². The van der Waals surface area contributed by atoms with Crippen LogP contribution in [0.5, 0.6) is 0 Å². The number of anilines is 1. The minimum absolute atomic E-state index is 0.173. The van der Waals surface area contributed by atoms with E-state index in [9.17, 15) is 5.11 Å². The van der Waals surface area contributed by atoms with Gasteiger partial charge in [0.2, 0.25) is 0 Å². The second-order valence-corrected chi connectivity index (χ2v) is 5.57. The fraction of sp³-hybridized carbons (Fsp3) is 0.600. The van der Waals surface area contributed by atoms with Crippen molar-refractivity contribution in [2.24, 2.45) is 0 Å². The number of hydrogen-bond acceptors (Lipinski definition) is 4. The Labute approximate surface area is 130 Å². The minimum atomic E-state index is 0.173. The molecule has 0 aliphatic rings. The molecule has 0 bridgehead atoms. The van der Waals surface area contributed by atoms with E-state index < -0.39 is 0 Å². The number of benzene rings is 1. The van der Waals surface area contributed by atoms with Crippen LogP contribution in [0.4, 0.5) is 5.69 Å². The highest BCUT2D eigenvalue weighted by Gasteiger charge is 2.10. The summed E-state index contributed by atoms with van der Waals surface area (Å²) in [5, 5.41) is 12.6. The van der Waals surface area contributed by atoms with Crippen LogP contribution in [0.2, 0.25) is 0 Å². The van der Waals surface area contributed by atoms with E-state index in [4.69, 9.17) is 4.74 Å². The second kappa shape index (κ2) is 10.2. The SMILES string of the molecule is CCCN(CCO)c1ccc(Br)cc1CNCCOC. The topological polar surface area (TPSA) is 44.7 Å². The molecule has 0 radical (unpaired) electrons. The summed E-state index contributed by atoms with van der Waals surface area (Å²) in [6, 6.07) is 6.30. The summed E-state index contributed by atoms with van der Waals surface area (Å²) in [6.45, 7) is 6.28. The zero-order valence-corrected chi connectivity index (χ0v) is 13.9. The van der Waals surface area contributed by atoms with Gasteiger partial charge in [-0.25, -0.2) is 0 Å². The summed E-state index contributed by atoms with van der Waals surface area (Å²) < 4.78 is 6.12. The molecule has 0 spiro atoms. The summed E-state index contributed by atoms with van der Waals surface area (Å²) in [6.07, 6.45) is 1.06. The first-order valence-corrected chi connectivity index (χ1v) is 7.86. The molecule has 1 aromatic rings. The molecule has 1 aromatic carbocycles. The molecule has 0 aliphatic heterocycles. The highest BCUT2D eigenvalue weighted by molar-refractivity contribution is 9.10. The molecular formula is C15H25BrN2O2. The van der Waals surface area contributed by atoms with Crippen LogP contribution >= 0.6 is 15.9 Å². The molecule has 2 N–H and O–H groups in total. The highest BCUT2D eigenvalue weighted by Crippen LogP contribution is 2.25. The normalized spacial score (nSPS) is 10.8. The Morgan fingerprint density at radius 1 is 1.35 bits per heavy atom. The third kappa shape index (κ3) is 5.79. The first-order valence-electron chi connectivity index (χ1n) is 7.06. The maximum atomic E-state index is 9.23. The first kappa shape index (κ1) is 17.4. The molecule has 1 rings (SSSR count). The lowest BCUT2D eigenvalue weighted by Crippen LogP contribution is -2.29. The van der Waals surface area contributed by atoms with Gasteiger partial charge in [0.25, 0.3) is 0 Å². The summed E-state index contributed by atoms with van der Waals surface area (Å²) >= 11 is 3.53. The minimum Gasteiger partial charge on any atom is -0.395 e. The molecule has 0 heterocycles. The number of nitrogens with one attached hydrogen (secondary N) is 1. The summed E-state index contributed by atoms with van der Waals surface area (Å²) in [7, 11) is 1.70. The Hall–Kier alpha value is -0.620. The summed E-state index contributed by atoms with van der Waals surface area (Å²) in [5.74, 6) is 0. The van der Waals surface area contributed by atoms with Gasteiger partial charge in [0.1, 0.15) is 0 Å². The average molecular weight is 345 g/mol. The van der Waals surface area contributed by atoms with Gasteiger partial charge in [-0.05, 0) is 30.2 Å². The fourth-order valence-electron chi connectivity index (χ4n) is 2.14. The van der Waals surface area contributed by atoms with Crippen molar-refractivity contribution in [1.82, 2.24) is 5.32 Å². The first-order chi connectivity index (χ1) is 9.72. The van der Waals surface area contributed by atoms with E-state index in [0.717, 1.165) is 30.5 Å². The Morgan fingerprint density at radius 3 is 2.80 bits per heavy atom. The van der Waals surface area contributed by atoms with Gasteiger partial charge in [-0.1, -0.05) is 22.9 Å². The van der Waals surface area contributed by atoms with Crippen LogP contribution in [0.15, 0.2) is 22.7 Å². The van der Waals surface area contributed by atoms with Crippen LogP contribution in [0.1, 0.15) is 18.9 Å². The van der Waals surface area contributed by atoms with E-state index in [0.29, 0.717) is 13.2 Å². The van der Waals surface area contributed by atoms with E-state index in [1.54, 1.807) is 7.11 Å². The van der Waals surface area contributed by atoms with Crippen molar-refractivity contribution in [2.45, 2.75) is 19.9 Å². The Kier molecular flexibility index (Phi) is 8.85. The Balaban J connectivity index is 2.81. The van der Waals surface area contributed by atoms with E-state index in [2.05, 4.69) is 45.2 Å². The van der Waals surface area contributed by atoms with Crippen molar-refractivity contribution in [3.05, 3.63) is 28.2 Å². The van der Waals surface area contributed by atoms with Gasteiger partial charge in [0, 0.05) is 43.4 Å². The fourth-order valence-corrected chi connectivity index (χ4v) is 2.55. The van der Waals surface area contributed by atoms with Gasteiger partial charge in [-0.3, -0.25) is 0 Å². The van der Waals surface area contributed by atoms with Crippen LogP contribution in [-0.4, -0.2) is 45.1 Å². The smallest absolute Gasteiger partial charge is 0.0606 e. The van der Waals surface area contributed by atoms with Gasteiger partial charge in [-0.15, -0.1) is 0 Å². The number of nitrogens with zero attached hydrogens (tertiary/aromatic N) is 1. The van der Waals surface area contributed by atoms with E-state index >= 15 is 0 Å². The molecule has 0 atom stereocenters. The molecule has 20 heavy (non-hydrogen) atoms. The van der Waals surface area contributed by atoms with E-state index in [-0.39, 0.29) is 6.61 Å². The second-order valence-electron chi connectivity index (χ2n) is 4.65. The number of aliphatic hydroxyl groups excluding tert-OH is 1. The Morgan fingerprint density at radius 2 is 2.15 bits per heavy atom. The van der Waals surface area contributed by atoms with E-state index in [1.165, 1.54) is 11.3 Å². The molecule has 0 amide bonds. The maximum Gasteiger partial charge on any atom is 0.0606 e. The molecule has 0 aromatic heterocycles. The molecule has 4 nitrogen and oxygen atoms in total. The van der Waals surface area contributed by atoms with Crippen LogP contribution in [-0.2, 0) is 11.3 Å². The van der Waals surface area contributed by atoms with Gasteiger partial charge < -0.3 is 20.1 Å². The molecule has 0 unspecified atom stereocenters. The zero-order chi connectivity index (χ0) is 14.8. The predicted octanol–water partition coefficient (Wildman–Crippen LogP) is 2.39. The summed E-state index contributed by atoms with van der Waals surface area (Å²) in [4.78, 5) is 2.24. The molecular weight excluding hydrogens is 320 g/mol. The van der Waals surface area contributed by atoms with Gasteiger partial charge in [0.15, 0.2) is 0 Å². The largest absolute Gasteiger partial charge is 0.395 e. The zero-order valence-electron chi connectivity index (χ0n) is 12.4. The third-order valence-electron chi connectivity index (χ3n) is 3.04. The monoisotopic (exact) mass is 344 g/mol. The maximum absolute atomic E-state index is 9.23. The van der Waals surface area contributed by atoms with Gasteiger partial charge >= 0.3 is 0 Å². The predicted molar refractivity (Wildman–Crippen MR) is 87.3 cm³/mol. The molecule has 114 valence electrons. The lowest BCUT2D eigenvalue weighted by Gasteiger charge is -2.26. The quantitative estimate of drug-likeness (QED) is 0.639. The van der Waals surface area contributed by atoms with Crippen molar-refractivity contribution in [3.63, 3.8) is 0 Å². The standard InChI is InChI=1S/C15H25BrN2O2/c1-3-7-18(8-9-19)15-5-4-14(16)11-13(15)12-17-6-10-20-2/h4-5,11,17,19H,3,6-10,12H2,1-2H3. The lowest BCUT2D eigenvalue weighted by molar-refractivity contribution is 0.199. The number of ether oxygens (including phenoxy) is 1. The molecule has 5 heteroatoms. The average Bonchev–Trinajstić information content (AvgIpc) is 2.44.